The van der Waals surface area contributed by atoms with Gasteiger partial charge in [0.1, 0.15) is 6.04 Å². The van der Waals surface area contributed by atoms with Crippen LogP contribution in [0.2, 0.25) is 0 Å². The number of fused-ring (bicyclic) bond motifs is 1. The minimum Gasteiger partial charge on any atom is -0.471 e. The number of primary amides is 1. The average Bonchev–Trinajstić information content (AvgIpc) is 3.13. The fourth-order valence-electron chi connectivity index (χ4n) is 3.02. The van der Waals surface area contributed by atoms with Gasteiger partial charge in [-0.3, -0.25) is 9.59 Å². The molecule has 2 atom stereocenters. The molecule has 2 aliphatic heterocycles. The van der Waals surface area contributed by atoms with Crippen molar-refractivity contribution in [2.45, 2.75) is 31.9 Å². The van der Waals surface area contributed by atoms with Crippen LogP contribution in [-0.4, -0.2) is 58.9 Å². The number of amides is 2. The van der Waals surface area contributed by atoms with E-state index in [4.69, 9.17) is 10.5 Å². The molecule has 9 nitrogen and oxygen atoms in total. The molecule has 0 spiro atoms. The summed E-state index contributed by atoms with van der Waals surface area (Å²) in [6.07, 6.45) is 8.27. The van der Waals surface area contributed by atoms with Crippen molar-refractivity contribution in [3.63, 3.8) is 0 Å². The summed E-state index contributed by atoms with van der Waals surface area (Å²) >= 11 is 0. The van der Waals surface area contributed by atoms with E-state index in [0.29, 0.717) is 16.7 Å². The second kappa shape index (κ2) is 9.16. The van der Waals surface area contributed by atoms with Crippen molar-refractivity contribution >= 4 is 18.0 Å². The number of pyridine rings is 1. The molecule has 0 saturated carbocycles. The lowest BCUT2D eigenvalue weighted by Gasteiger charge is -2.27. The summed E-state index contributed by atoms with van der Waals surface area (Å²) in [6, 6.07) is 0.678. The monoisotopic (exact) mass is 446 g/mol. The van der Waals surface area contributed by atoms with Crippen LogP contribution in [0.5, 0.6) is 5.88 Å². The number of nitrogens with two attached hydrogens (primary N) is 1. The molecule has 2 unspecified atom stereocenters. The summed E-state index contributed by atoms with van der Waals surface area (Å²) in [5.74, 6) is -4.07. The van der Waals surface area contributed by atoms with Crippen LogP contribution in [0.25, 0.3) is 5.43 Å². The number of aromatic nitrogens is 1. The molecule has 170 valence electrons. The van der Waals surface area contributed by atoms with E-state index in [9.17, 15) is 18.4 Å². The van der Waals surface area contributed by atoms with Gasteiger partial charge >= 0.3 is 5.92 Å². The Bertz CT molecular complexity index is 1030. The molecule has 0 saturated heterocycles. The molecule has 0 radical (unpaired) electrons. The van der Waals surface area contributed by atoms with Gasteiger partial charge in [-0.2, -0.15) is 8.78 Å². The number of halogens is 2. The van der Waals surface area contributed by atoms with Crippen molar-refractivity contribution < 1.29 is 27.8 Å². The van der Waals surface area contributed by atoms with E-state index < -0.39 is 30.4 Å². The third kappa shape index (κ3) is 5.29. The van der Waals surface area contributed by atoms with Gasteiger partial charge in [0.25, 0.3) is 0 Å². The van der Waals surface area contributed by atoms with Crippen molar-refractivity contribution in [1.29, 1.82) is 0 Å². The predicted molar refractivity (Wildman–Crippen MR) is 113 cm³/mol. The molecule has 0 aromatic carbocycles. The first-order valence-corrected chi connectivity index (χ1v) is 9.74. The van der Waals surface area contributed by atoms with Gasteiger partial charge in [0.05, 0.1) is 12.1 Å². The van der Waals surface area contributed by atoms with Gasteiger partial charge in [-0.05, 0) is 37.7 Å². The largest absolute Gasteiger partial charge is 0.471 e. The normalized spacial score (nSPS) is 20.6. The van der Waals surface area contributed by atoms with Crippen molar-refractivity contribution in [1.82, 2.24) is 15.6 Å². The number of rotatable bonds is 8. The quantitative estimate of drug-likeness (QED) is 0.407. The SMILES string of the molecule is C=C(C)C(F)(F)COc1ncc(/C=[N+]2\C=C3C(C=CNC3C(=O)NCC(N)=O)[N-]2)cc1C. The topological polar surface area (TPSA) is 123 Å². The number of carbonyl (C=O) groups is 2. The number of aryl methyl sites for hydroxylation is 1. The van der Waals surface area contributed by atoms with E-state index in [1.807, 2.05) is 0 Å². The second-order valence-corrected chi connectivity index (χ2v) is 7.51. The molecule has 0 bridgehead atoms. The van der Waals surface area contributed by atoms with Crippen molar-refractivity contribution in [3.8, 4) is 5.88 Å². The molecular formula is C21H24F2N6O3. The maximum absolute atomic E-state index is 13.7. The van der Waals surface area contributed by atoms with Gasteiger partial charge < -0.3 is 26.5 Å². The van der Waals surface area contributed by atoms with Crippen LogP contribution >= 0.6 is 0 Å². The molecular weight excluding hydrogens is 422 g/mol. The highest BCUT2D eigenvalue weighted by molar-refractivity contribution is 5.89. The maximum atomic E-state index is 13.7. The van der Waals surface area contributed by atoms with Gasteiger partial charge in [0, 0.05) is 17.3 Å². The van der Waals surface area contributed by atoms with E-state index in [1.54, 1.807) is 42.4 Å². The van der Waals surface area contributed by atoms with Crippen LogP contribution in [0, 0.1) is 6.92 Å². The Hall–Kier alpha value is -3.76. The standard InChI is InChI=1S/C21H24F2N6O3/c1-12(2)21(22,23)11-32-20-13(3)6-14(7-27-20)9-29-10-15-16(28-29)4-5-25-18(15)19(31)26-8-17(24)30/h4-7,9-10,16,18,25H,1,8,11H2,2-3H3,(H2,24,30)(H,26,31)/b29-9+. The highest BCUT2D eigenvalue weighted by atomic mass is 19.3. The Balaban J connectivity index is 1.73. The Morgan fingerprint density at radius 1 is 1.50 bits per heavy atom. The first-order valence-electron chi connectivity index (χ1n) is 9.74. The van der Waals surface area contributed by atoms with Gasteiger partial charge in [-0.1, -0.05) is 12.7 Å². The summed E-state index contributed by atoms with van der Waals surface area (Å²) in [6.45, 7) is 5.10. The lowest BCUT2D eigenvalue weighted by Crippen LogP contribution is -2.48. The van der Waals surface area contributed by atoms with Crippen LogP contribution in [-0.2, 0) is 9.59 Å². The van der Waals surface area contributed by atoms with E-state index in [2.05, 4.69) is 27.6 Å². The molecule has 2 amide bonds. The second-order valence-electron chi connectivity index (χ2n) is 7.51. The van der Waals surface area contributed by atoms with Crippen LogP contribution in [0.4, 0.5) is 8.78 Å². The van der Waals surface area contributed by atoms with Crippen LogP contribution in [0.1, 0.15) is 18.1 Å². The molecule has 0 fully saturated rings. The van der Waals surface area contributed by atoms with Crippen molar-refractivity contribution in [3.05, 3.63) is 65.0 Å². The molecule has 1 aromatic heterocycles. The Labute approximate surface area is 183 Å². The van der Waals surface area contributed by atoms with E-state index in [1.165, 1.54) is 13.1 Å². The molecule has 4 N–H and O–H groups in total. The fraction of sp³-hybridized carbons (Fsp3) is 0.333. The average molecular weight is 446 g/mol. The first-order chi connectivity index (χ1) is 15.1. The molecule has 3 rings (SSSR count). The number of alkyl halides is 2. The zero-order valence-electron chi connectivity index (χ0n) is 17.6. The lowest BCUT2D eigenvalue weighted by molar-refractivity contribution is -0.389. The van der Waals surface area contributed by atoms with Crippen LogP contribution < -0.4 is 21.1 Å². The third-order valence-electron chi connectivity index (χ3n) is 4.80. The van der Waals surface area contributed by atoms with Crippen molar-refractivity contribution in [2.75, 3.05) is 13.2 Å². The maximum Gasteiger partial charge on any atom is 0.302 e. The predicted octanol–water partition coefficient (Wildman–Crippen LogP) is 1.05. The Morgan fingerprint density at radius 2 is 2.25 bits per heavy atom. The van der Waals surface area contributed by atoms with Gasteiger partial charge in [-0.15, -0.1) is 0 Å². The number of nitrogens with one attached hydrogen (secondary N) is 2. The molecule has 1 aromatic rings. The zero-order valence-corrected chi connectivity index (χ0v) is 17.6. The van der Waals surface area contributed by atoms with Crippen molar-refractivity contribution in [2.24, 2.45) is 5.73 Å². The summed E-state index contributed by atoms with van der Waals surface area (Å²) in [7, 11) is 0. The number of carbonyl (C=O) groups excluding carboxylic acids is 2. The molecule has 11 heteroatoms. The molecule has 2 aliphatic rings. The minimum atomic E-state index is -3.14. The summed E-state index contributed by atoms with van der Waals surface area (Å²) in [5.41, 5.74) is 11.2. The number of hydrogen-bond acceptors (Lipinski definition) is 5. The minimum absolute atomic E-state index is 0.103. The van der Waals surface area contributed by atoms with Gasteiger partial charge in [-0.25, -0.2) is 9.67 Å². The first kappa shape index (κ1) is 22.9. The third-order valence-corrected chi connectivity index (χ3v) is 4.80. The highest BCUT2D eigenvalue weighted by Gasteiger charge is 2.33. The van der Waals surface area contributed by atoms with E-state index in [0.717, 1.165) is 0 Å². The summed E-state index contributed by atoms with van der Waals surface area (Å²) < 4.78 is 34.1. The number of nitrogens with zero attached hydrogens (tertiary/aromatic N) is 3. The van der Waals surface area contributed by atoms with Crippen LogP contribution in [0.15, 0.2) is 48.5 Å². The van der Waals surface area contributed by atoms with Gasteiger partial charge in [0.2, 0.25) is 17.7 Å². The summed E-state index contributed by atoms with van der Waals surface area (Å²) in [4.78, 5) is 27.4. The smallest absolute Gasteiger partial charge is 0.302 e. The van der Waals surface area contributed by atoms with E-state index >= 15 is 0 Å². The Kier molecular flexibility index (Phi) is 6.56. The van der Waals surface area contributed by atoms with Gasteiger partial charge in [0.15, 0.2) is 19.0 Å². The Morgan fingerprint density at radius 3 is 2.91 bits per heavy atom. The summed E-state index contributed by atoms with van der Waals surface area (Å²) in [5, 5.41) is 5.41. The van der Waals surface area contributed by atoms with Crippen LogP contribution in [0.3, 0.4) is 0 Å². The molecule has 0 aliphatic carbocycles. The fourth-order valence-corrected chi connectivity index (χ4v) is 3.02. The number of ether oxygens (including phenoxy) is 1. The number of hydrogen-bond donors (Lipinski definition) is 3. The zero-order chi connectivity index (χ0) is 23.5. The molecule has 3 heterocycles. The van der Waals surface area contributed by atoms with E-state index in [-0.39, 0.29) is 24.0 Å². The highest BCUT2D eigenvalue weighted by Crippen LogP contribution is 2.28. The lowest BCUT2D eigenvalue weighted by atomic mass is 9.98. The molecule has 32 heavy (non-hydrogen) atoms.